The maximum Gasteiger partial charge on any atom is 0.408 e. The fourth-order valence-electron chi connectivity index (χ4n) is 1.99. The Morgan fingerprint density at radius 2 is 1.95 bits per heavy atom. The van der Waals surface area contributed by atoms with E-state index in [0.717, 1.165) is 10.8 Å². The highest BCUT2D eigenvalue weighted by molar-refractivity contribution is 5.85. The molecule has 0 aromatic heterocycles. The molecule has 103 valence electrons. The third kappa shape index (κ3) is 2.79. The number of carbonyl (C=O) groups is 1. The lowest BCUT2D eigenvalue weighted by Gasteiger charge is -2.23. The number of rotatable bonds is 4. The van der Waals surface area contributed by atoms with Gasteiger partial charge in [-0.2, -0.15) is 0 Å². The van der Waals surface area contributed by atoms with E-state index in [2.05, 4.69) is 5.32 Å². The molecular formula is C16H16NO3. The minimum atomic E-state index is -1.41. The summed E-state index contributed by atoms with van der Waals surface area (Å²) in [4.78, 5) is 22.8. The van der Waals surface area contributed by atoms with Crippen LogP contribution in [-0.2, 0) is 15.1 Å². The van der Waals surface area contributed by atoms with Gasteiger partial charge in [-0.05, 0) is 30.7 Å². The molecule has 0 saturated heterocycles. The monoisotopic (exact) mass is 270 g/mol. The second-order valence-corrected chi connectivity index (χ2v) is 4.62. The molecule has 0 fully saturated rings. The second kappa shape index (κ2) is 5.74. The zero-order valence-corrected chi connectivity index (χ0v) is 11.5. The highest BCUT2D eigenvalue weighted by atomic mass is 16.6. The number of fused-ring (bicyclic) bond motifs is 1. The Labute approximate surface area is 117 Å². The van der Waals surface area contributed by atoms with Crippen LogP contribution in [0.5, 0.6) is 0 Å². The van der Waals surface area contributed by atoms with Gasteiger partial charge in [0.2, 0.25) is 5.60 Å². The molecule has 1 radical (unpaired) electrons. The number of benzene rings is 2. The van der Waals surface area contributed by atoms with Crippen molar-refractivity contribution in [3.05, 3.63) is 48.0 Å². The number of carbonyl (C=O) groups excluding carboxylic acids is 2. The number of hydrogen-bond acceptors (Lipinski definition) is 3. The van der Waals surface area contributed by atoms with Gasteiger partial charge in [-0.15, -0.1) is 0 Å². The Kier molecular flexibility index (Phi) is 4.03. The van der Waals surface area contributed by atoms with Crippen molar-refractivity contribution in [1.29, 1.82) is 0 Å². The van der Waals surface area contributed by atoms with E-state index in [9.17, 15) is 9.59 Å². The predicted molar refractivity (Wildman–Crippen MR) is 77.2 cm³/mol. The van der Waals surface area contributed by atoms with Crippen molar-refractivity contribution in [1.82, 2.24) is 5.32 Å². The zero-order valence-electron chi connectivity index (χ0n) is 11.5. The molecule has 2 rings (SSSR count). The number of nitrogens with one attached hydrogen (secondary N) is 1. The van der Waals surface area contributed by atoms with Crippen molar-refractivity contribution < 1.29 is 14.3 Å². The van der Waals surface area contributed by atoms with Gasteiger partial charge < -0.3 is 10.1 Å². The van der Waals surface area contributed by atoms with Crippen molar-refractivity contribution in [2.75, 3.05) is 6.54 Å². The van der Waals surface area contributed by atoms with Crippen LogP contribution < -0.4 is 5.32 Å². The molecule has 0 saturated carbocycles. The summed E-state index contributed by atoms with van der Waals surface area (Å²) in [5, 5.41) is 4.54. The molecule has 0 aliphatic rings. The molecule has 0 heterocycles. The highest BCUT2D eigenvalue weighted by Crippen LogP contribution is 2.26. The largest absolute Gasteiger partial charge is 0.430 e. The van der Waals surface area contributed by atoms with E-state index < -0.39 is 11.7 Å². The fourth-order valence-corrected chi connectivity index (χ4v) is 1.99. The molecule has 2 aromatic carbocycles. The van der Waals surface area contributed by atoms with Crippen molar-refractivity contribution in [2.24, 2.45) is 0 Å². The molecule has 4 nitrogen and oxygen atoms in total. The van der Waals surface area contributed by atoms with Crippen molar-refractivity contribution in [3.8, 4) is 0 Å². The first-order valence-corrected chi connectivity index (χ1v) is 6.44. The average molecular weight is 270 g/mol. The van der Waals surface area contributed by atoms with Crippen LogP contribution in [0, 0.1) is 0 Å². The van der Waals surface area contributed by atoms with Crippen LogP contribution in [0.3, 0.4) is 0 Å². The topological polar surface area (TPSA) is 55.4 Å². The third-order valence-electron chi connectivity index (χ3n) is 3.11. The Bertz CT molecular complexity index is 638. The molecule has 4 heteroatoms. The molecule has 1 N–H and O–H groups in total. The normalized spacial score (nSPS) is 13.5. The quantitative estimate of drug-likeness (QED) is 0.929. The third-order valence-corrected chi connectivity index (χ3v) is 3.11. The molecule has 1 atom stereocenters. The molecule has 0 aliphatic carbocycles. The first kappa shape index (κ1) is 14.1. The van der Waals surface area contributed by atoms with Gasteiger partial charge in [-0.25, -0.2) is 4.79 Å². The first-order chi connectivity index (χ1) is 9.59. The van der Waals surface area contributed by atoms with Gasteiger partial charge in [0, 0.05) is 12.1 Å². The molecule has 0 spiro atoms. The van der Waals surface area contributed by atoms with Gasteiger partial charge >= 0.3 is 6.09 Å². The molecule has 20 heavy (non-hydrogen) atoms. The van der Waals surface area contributed by atoms with Crippen LogP contribution in [0.15, 0.2) is 42.5 Å². The highest BCUT2D eigenvalue weighted by Gasteiger charge is 2.32. The van der Waals surface area contributed by atoms with Crippen molar-refractivity contribution in [3.63, 3.8) is 0 Å². The Hall–Kier alpha value is -2.36. The maximum absolute atomic E-state index is 11.5. The minimum absolute atomic E-state index is 0.436. The summed E-state index contributed by atoms with van der Waals surface area (Å²) in [6.07, 6.45) is 1.18. The minimum Gasteiger partial charge on any atom is -0.430 e. The summed E-state index contributed by atoms with van der Waals surface area (Å²) in [7, 11) is 0. The van der Waals surface area contributed by atoms with Crippen molar-refractivity contribution in [2.45, 2.75) is 19.4 Å². The van der Waals surface area contributed by atoms with Gasteiger partial charge in [0.15, 0.2) is 0 Å². The van der Waals surface area contributed by atoms with Crippen molar-refractivity contribution >= 4 is 23.2 Å². The first-order valence-electron chi connectivity index (χ1n) is 6.44. The van der Waals surface area contributed by atoms with Gasteiger partial charge in [0.05, 0.1) is 0 Å². The summed E-state index contributed by atoms with van der Waals surface area (Å²) in [6.45, 7) is 3.74. The number of ether oxygens (including phenoxy) is 1. The summed E-state index contributed by atoms with van der Waals surface area (Å²) >= 11 is 0. The molecule has 0 bridgehead atoms. The molecule has 0 aliphatic heterocycles. The molecule has 2 aromatic rings. The molecule has 1 amide bonds. The smallest absolute Gasteiger partial charge is 0.408 e. The summed E-state index contributed by atoms with van der Waals surface area (Å²) in [5.41, 5.74) is -0.819. The fraction of sp³-hybridized carbons (Fsp3) is 0.250. The van der Waals surface area contributed by atoms with Crippen LogP contribution in [0.4, 0.5) is 4.79 Å². The van der Waals surface area contributed by atoms with E-state index in [0.29, 0.717) is 12.1 Å². The Morgan fingerprint density at radius 1 is 1.25 bits per heavy atom. The van der Waals surface area contributed by atoms with Crippen LogP contribution >= 0.6 is 0 Å². The second-order valence-electron chi connectivity index (χ2n) is 4.62. The van der Waals surface area contributed by atoms with E-state index in [1.54, 1.807) is 13.0 Å². The predicted octanol–water partition coefficient (Wildman–Crippen LogP) is 2.91. The maximum atomic E-state index is 11.5. The van der Waals surface area contributed by atoms with E-state index in [1.165, 1.54) is 6.92 Å². The summed E-state index contributed by atoms with van der Waals surface area (Å²) in [6, 6.07) is 13.3. The van der Waals surface area contributed by atoms with Crippen LogP contribution in [0.2, 0.25) is 0 Å². The van der Waals surface area contributed by atoms with Crippen LogP contribution in [-0.4, -0.2) is 18.9 Å². The number of hydrogen-bond donors (Lipinski definition) is 1. The van der Waals surface area contributed by atoms with E-state index in [-0.39, 0.29) is 0 Å². The van der Waals surface area contributed by atoms with E-state index in [4.69, 9.17) is 4.74 Å². The van der Waals surface area contributed by atoms with Gasteiger partial charge in [-0.3, -0.25) is 4.79 Å². The standard InChI is InChI=1S/C16H16NO3/c1-3-17-15(19)20-16(2,11-18)14-9-8-12-6-4-5-7-13(12)10-14/h4-10H,3H2,1-2H3,(H,17,19). The Morgan fingerprint density at radius 3 is 2.60 bits per heavy atom. The lowest BCUT2D eigenvalue weighted by Crippen LogP contribution is -2.36. The van der Waals surface area contributed by atoms with Gasteiger partial charge in [0.1, 0.15) is 0 Å². The van der Waals surface area contributed by atoms with Gasteiger partial charge in [-0.1, -0.05) is 36.4 Å². The zero-order chi connectivity index (χ0) is 14.6. The molecule has 1 unspecified atom stereocenters. The van der Waals surface area contributed by atoms with E-state index in [1.807, 2.05) is 42.7 Å². The Balaban J connectivity index is 2.37. The summed E-state index contributed by atoms with van der Waals surface area (Å²) < 4.78 is 5.19. The van der Waals surface area contributed by atoms with Crippen LogP contribution in [0.1, 0.15) is 19.4 Å². The van der Waals surface area contributed by atoms with E-state index >= 15 is 0 Å². The average Bonchev–Trinajstić information content (AvgIpc) is 2.46. The lowest BCUT2D eigenvalue weighted by molar-refractivity contribution is 0.0695. The SMILES string of the molecule is CCNC(=O)OC(C)([C]=O)c1ccc2ccccc2c1. The lowest BCUT2D eigenvalue weighted by atomic mass is 9.95. The molecular weight excluding hydrogens is 254 g/mol. The van der Waals surface area contributed by atoms with Gasteiger partial charge in [0.25, 0.3) is 6.29 Å². The summed E-state index contributed by atoms with van der Waals surface area (Å²) in [5.74, 6) is 0. The number of alkyl carbamates (subject to hydrolysis) is 1. The number of amides is 1. The van der Waals surface area contributed by atoms with Crippen LogP contribution in [0.25, 0.3) is 10.8 Å².